The highest BCUT2D eigenvalue weighted by atomic mass is 32.1. The molecule has 3 aromatic rings. The van der Waals surface area contributed by atoms with Gasteiger partial charge in [0.15, 0.2) is 0 Å². The predicted molar refractivity (Wildman–Crippen MR) is 129 cm³/mol. The zero-order chi connectivity index (χ0) is 24.5. The number of amides is 2. The highest BCUT2D eigenvalue weighted by molar-refractivity contribution is 7.15. The second kappa shape index (κ2) is 9.61. The van der Waals surface area contributed by atoms with Crippen molar-refractivity contribution in [2.75, 3.05) is 18.4 Å². The van der Waals surface area contributed by atoms with E-state index in [1.165, 1.54) is 11.3 Å². The fraction of sp³-hybridized carbons (Fsp3) is 0.500. The molecule has 2 amide bonds. The molecule has 0 aliphatic carbocycles. The molecule has 0 atom stereocenters. The summed E-state index contributed by atoms with van der Waals surface area (Å²) < 4.78 is 5.18. The highest BCUT2D eigenvalue weighted by Gasteiger charge is 2.29. The lowest BCUT2D eigenvalue weighted by atomic mass is 9.89. The van der Waals surface area contributed by atoms with E-state index < -0.39 is 0 Å². The van der Waals surface area contributed by atoms with Crippen molar-refractivity contribution in [3.05, 3.63) is 51.6 Å². The van der Waals surface area contributed by atoms with Gasteiger partial charge in [-0.2, -0.15) is 0 Å². The van der Waals surface area contributed by atoms with Gasteiger partial charge < -0.3 is 9.42 Å². The normalized spacial score (nSPS) is 14.9. The summed E-state index contributed by atoms with van der Waals surface area (Å²) >= 11 is 1.38. The number of aryl methyl sites for hydroxylation is 2. The molecule has 1 aliphatic rings. The van der Waals surface area contributed by atoms with Crippen LogP contribution in [0.2, 0.25) is 0 Å². The van der Waals surface area contributed by atoms with Crippen LogP contribution in [0, 0.1) is 13.8 Å². The SMILES string of the molecule is Cc1cc(CC(=O)N2CCC(c3nc(C)ccc3C(=O)Nc3nnc(C(C)(C)C)s3)CC2)on1. The predicted octanol–water partition coefficient (Wildman–Crippen LogP) is 4.04. The molecule has 0 spiro atoms. The number of rotatable bonds is 5. The van der Waals surface area contributed by atoms with E-state index in [1.54, 1.807) is 6.07 Å². The molecule has 34 heavy (non-hydrogen) atoms. The molecule has 1 fully saturated rings. The molecule has 1 N–H and O–H groups in total. The number of carbonyl (C=O) groups excluding carboxylic acids is 2. The van der Waals surface area contributed by atoms with Crippen LogP contribution in [-0.4, -0.2) is 50.1 Å². The Balaban J connectivity index is 1.43. The first-order chi connectivity index (χ1) is 16.1. The number of pyridine rings is 1. The van der Waals surface area contributed by atoms with Crippen molar-refractivity contribution in [2.45, 2.75) is 65.2 Å². The summed E-state index contributed by atoms with van der Waals surface area (Å²) in [6, 6.07) is 5.45. The van der Waals surface area contributed by atoms with Gasteiger partial charge in [-0.05, 0) is 38.8 Å². The zero-order valence-corrected chi connectivity index (χ0v) is 21.0. The topological polar surface area (TPSA) is 114 Å². The van der Waals surface area contributed by atoms with Crippen LogP contribution in [0.25, 0.3) is 0 Å². The number of carbonyl (C=O) groups is 2. The molecule has 4 rings (SSSR count). The molecule has 1 aliphatic heterocycles. The first-order valence-corrected chi connectivity index (χ1v) is 12.2. The Bertz CT molecular complexity index is 1190. The number of hydrogen-bond donors (Lipinski definition) is 1. The monoisotopic (exact) mass is 482 g/mol. The van der Waals surface area contributed by atoms with Crippen LogP contribution in [0.15, 0.2) is 22.7 Å². The van der Waals surface area contributed by atoms with Crippen molar-refractivity contribution in [2.24, 2.45) is 0 Å². The van der Waals surface area contributed by atoms with Gasteiger partial charge in [-0.1, -0.05) is 37.3 Å². The summed E-state index contributed by atoms with van der Waals surface area (Å²) in [5.41, 5.74) is 2.81. The molecule has 3 aromatic heterocycles. The zero-order valence-electron chi connectivity index (χ0n) is 20.2. The standard InChI is InChI=1S/C24H30N6O3S/c1-14-6-7-18(21(32)26-23-28-27-22(34-23)24(3,4)5)20(25-14)16-8-10-30(11-9-16)19(31)13-17-12-15(2)29-33-17/h6-7,12,16H,8-11,13H2,1-5H3,(H,26,28,32). The Kier molecular flexibility index (Phi) is 6.79. The third kappa shape index (κ3) is 5.49. The highest BCUT2D eigenvalue weighted by Crippen LogP contribution is 2.31. The number of aromatic nitrogens is 4. The average Bonchev–Trinajstić information content (AvgIpc) is 3.42. The average molecular weight is 483 g/mol. The van der Waals surface area contributed by atoms with E-state index in [0.29, 0.717) is 29.5 Å². The van der Waals surface area contributed by atoms with E-state index in [0.717, 1.165) is 34.9 Å². The van der Waals surface area contributed by atoms with Gasteiger partial charge in [0.05, 0.1) is 23.4 Å². The quantitative estimate of drug-likeness (QED) is 0.584. The number of hydrogen-bond acceptors (Lipinski definition) is 8. The summed E-state index contributed by atoms with van der Waals surface area (Å²) in [4.78, 5) is 32.4. The molecule has 0 unspecified atom stereocenters. The summed E-state index contributed by atoms with van der Waals surface area (Å²) in [6.07, 6.45) is 1.69. The van der Waals surface area contributed by atoms with Gasteiger partial charge in [-0.15, -0.1) is 10.2 Å². The minimum absolute atomic E-state index is 0.0238. The Morgan fingerprint density at radius 2 is 1.88 bits per heavy atom. The van der Waals surface area contributed by atoms with Gasteiger partial charge in [0.25, 0.3) is 5.91 Å². The van der Waals surface area contributed by atoms with Gasteiger partial charge in [0, 0.05) is 36.2 Å². The van der Waals surface area contributed by atoms with Crippen molar-refractivity contribution in [1.82, 2.24) is 25.2 Å². The first-order valence-electron chi connectivity index (χ1n) is 11.4. The molecule has 180 valence electrons. The minimum atomic E-state index is -0.238. The van der Waals surface area contributed by atoms with E-state index in [1.807, 2.05) is 30.9 Å². The van der Waals surface area contributed by atoms with Crippen molar-refractivity contribution >= 4 is 28.3 Å². The van der Waals surface area contributed by atoms with E-state index in [9.17, 15) is 9.59 Å². The number of piperidine rings is 1. The van der Waals surface area contributed by atoms with Crippen molar-refractivity contribution in [3.8, 4) is 0 Å². The molecule has 9 nitrogen and oxygen atoms in total. The van der Waals surface area contributed by atoms with Gasteiger partial charge in [-0.25, -0.2) is 0 Å². The number of anilines is 1. The fourth-order valence-corrected chi connectivity index (χ4v) is 4.78. The maximum Gasteiger partial charge on any atom is 0.259 e. The smallest absolute Gasteiger partial charge is 0.259 e. The first kappa shape index (κ1) is 24.0. The minimum Gasteiger partial charge on any atom is -0.361 e. The maximum atomic E-state index is 13.1. The molecular weight excluding hydrogens is 452 g/mol. The number of likely N-dealkylation sites (tertiary alicyclic amines) is 1. The largest absolute Gasteiger partial charge is 0.361 e. The molecule has 1 saturated heterocycles. The van der Waals surface area contributed by atoms with Gasteiger partial charge in [0.1, 0.15) is 10.8 Å². The van der Waals surface area contributed by atoms with Gasteiger partial charge >= 0.3 is 0 Å². The van der Waals surface area contributed by atoms with Crippen LogP contribution in [0.3, 0.4) is 0 Å². The van der Waals surface area contributed by atoms with E-state index in [2.05, 4.69) is 41.4 Å². The van der Waals surface area contributed by atoms with Crippen molar-refractivity contribution in [1.29, 1.82) is 0 Å². The molecule has 0 saturated carbocycles. The Morgan fingerprint density at radius 3 is 2.50 bits per heavy atom. The lowest BCUT2D eigenvalue weighted by Crippen LogP contribution is -2.39. The van der Waals surface area contributed by atoms with Gasteiger partial charge in [0.2, 0.25) is 11.0 Å². The summed E-state index contributed by atoms with van der Waals surface area (Å²) in [7, 11) is 0. The van der Waals surface area contributed by atoms with Crippen molar-refractivity contribution < 1.29 is 14.1 Å². The molecule has 0 aromatic carbocycles. The van der Waals surface area contributed by atoms with Crippen LogP contribution in [0.5, 0.6) is 0 Å². The lowest BCUT2D eigenvalue weighted by molar-refractivity contribution is -0.131. The van der Waals surface area contributed by atoms with Crippen molar-refractivity contribution in [3.63, 3.8) is 0 Å². The Labute approximate surface area is 203 Å². The molecule has 0 bridgehead atoms. The fourth-order valence-electron chi connectivity index (χ4n) is 3.98. The van der Waals surface area contributed by atoms with Crippen LogP contribution in [0.1, 0.15) is 77.7 Å². The Hall–Kier alpha value is -3.14. The maximum absolute atomic E-state index is 13.1. The second-order valence-electron chi connectivity index (χ2n) is 9.77. The molecule has 4 heterocycles. The Morgan fingerprint density at radius 1 is 1.15 bits per heavy atom. The van der Waals surface area contributed by atoms with E-state index >= 15 is 0 Å². The third-order valence-electron chi connectivity index (χ3n) is 5.83. The lowest BCUT2D eigenvalue weighted by Gasteiger charge is -2.32. The van der Waals surface area contributed by atoms with Crippen LogP contribution in [-0.2, 0) is 16.6 Å². The van der Waals surface area contributed by atoms with E-state index in [-0.39, 0.29) is 29.6 Å². The number of nitrogens with one attached hydrogen (secondary N) is 1. The summed E-state index contributed by atoms with van der Waals surface area (Å²) in [5, 5.41) is 16.4. The van der Waals surface area contributed by atoms with Crippen LogP contribution < -0.4 is 5.32 Å². The second-order valence-corrected chi connectivity index (χ2v) is 10.7. The molecule has 10 heteroatoms. The van der Waals surface area contributed by atoms with E-state index in [4.69, 9.17) is 9.51 Å². The molecule has 0 radical (unpaired) electrons. The summed E-state index contributed by atoms with van der Waals surface area (Å²) in [6.45, 7) is 11.2. The summed E-state index contributed by atoms with van der Waals surface area (Å²) in [5.74, 6) is 0.459. The molecular formula is C24H30N6O3S. The third-order valence-corrected chi connectivity index (χ3v) is 7.10. The van der Waals surface area contributed by atoms with Crippen LogP contribution >= 0.6 is 11.3 Å². The van der Waals surface area contributed by atoms with Crippen LogP contribution in [0.4, 0.5) is 5.13 Å². The van der Waals surface area contributed by atoms with Gasteiger partial charge in [-0.3, -0.25) is 19.9 Å². The number of nitrogens with zero attached hydrogens (tertiary/aromatic N) is 5.